The van der Waals surface area contributed by atoms with Gasteiger partial charge in [0.05, 0.1) is 4.88 Å². The molecule has 1 amide bonds. The standard InChI is InChI=1S/C19H22N2OS.ClH/c1-13-2-4-14(5-3-13)17-9-11-23-18(17)19(22)21-15-6-7-16(21)12-20-10-8-15;/h2-5,9,11,15-16,20H,6-8,10,12H2,1H3;1H. The Bertz CT molecular complexity index is 698. The molecule has 2 atom stereocenters. The average Bonchev–Trinajstić information content (AvgIpc) is 3.11. The van der Waals surface area contributed by atoms with Crippen molar-refractivity contribution in [2.24, 2.45) is 0 Å². The van der Waals surface area contributed by atoms with Gasteiger partial charge in [0.15, 0.2) is 0 Å². The predicted octanol–water partition coefficient (Wildman–Crippen LogP) is 4.11. The molecule has 4 rings (SSSR count). The third kappa shape index (κ3) is 3.10. The van der Waals surface area contributed by atoms with Gasteiger partial charge in [0.25, 0.3) is 5.91 Å². The highest BCUT2D eigenvalue weighted by atomic mass is 35.5. The second kappa shape index (κ2) is 7.26. The molecular weight excluding hydrogens is 340 g/mol. The Morgan fingerprint density at radius 2 is 1.88 bits per heavy atom. The Morgan fingerprint density at radius 3 is 2.67 bits per heavy atom. The maximum atomic E-state index is 13.2. The van der Waals surface area contributed by atoms with E-state index >= 15 is 0 Å². The molecule has 0 radical (unpaired) electrons. The van der Waals surface area contributed by atoms with Crippen LogP contribution in [-0.4, -0.2) is 36.0 Å². The van der Waals surface area contributed by atoms with Crippen molar-refractivity contribution >= 4 is 29.7 Å². The van der Waals surface area contributed by atoms with E-state index in [1.165, 1.54) is 5.56 Å². The smallest absolute Gasteiger partial charge is 0.265 e. The molecule has 1 aromatic carbocycles. The van der Waals surface area contributed by atoms with Gasteiger partial charge in [-0.1, -0.05) is 29.8 Å². The highest BCUT2D eigenvalue weighted by molar-refractivity contribution is 7.12. The Hall–Kier alpha value is -1.36. The van der Waals surface area contributed by atoms with E-state index in [1.807, 2.05) is 5.38 Å². The van der Waals surface area contributed by atoms with Gasteiger partial charge in [0.1, 0.15) is 0 Å². The van der Waals surface area contributed by atoms with Gasteiger partial charge in [0.2, 0.25) is 0 Å². The number of amides is 1. The van der Waals surface area contributed by atoms with Crippen molar-refractivity contribution in [1.29, 1.82) is 0 Å². The van der Waals surface area contributed by atoms with Crippen LogP contribution in [-0.2, 0) is 0 Å². The van der Waals surface area contributed by atoms with Crippen LogP contribution >= 0.6 is 23.7 Å². The van der Waals surface area contributed by atoms with Crippen molar-refractivity contribution < 1.29 is 4.79 Å². The molecule has 5 heteroatoms. The van der Waals surface area contributed by atoms with E-state index in [9.17, 15) is 4.79 Å². The number of fused-ring (bicyclic) bond motifs is 2. The SMILES string of the molecule is Cc1ccc(-c2ccsc2C(=O)N2C3CCNCC2CC3)cc1.Cl. The zero-order valence-corrected chi connectivity index (χ0v) is 15.5. The van der Waals surface area contributed by atoms with Gasteiger partial charge in [-0.3, -0.25) is 4.79 Å². The number of carbonyl (C=O) groups is 1. The second-order valence-corrected chi connectivity index (χ2v) is 7.54. The highest BCUT2D eigenvalue weighted by Crippen LogP contribution is 2.35. The molecule has 1 aromatic heterocycles. The zero-order valence-electron chi connectivity index (χ0n) is 13.8. The minimum Gasteiger partial charge on any atom is -0.331 e. The lowest BCUT2D eigenvalue weighted by molar-refractivity contribution is 0.0686. The summed E-state index contributed by atoms with van der Waals surface area (Å²) in [6, 6.07) is 11.3. The van der Waals surface area contributed by atoms with E-state index in [4.69, 9.17) is 0 Å². The van der Waals surface area contributed by atoms with E-state index in [0.717, 1.165) is 48.4 Å². The number of carbonyl (C=O) groups excluding carboxylic acids is 1. The van der Waals surface area contributed by atoms with E-state index in [-0.39, 0.29) is 18.3 Å². The molecule has 0 aliphatic carbocycles. The first kappa shape index (κ1) is 17.5. The topological polar surface area (TPSA) is 32.3 Å². The van der Waals surface area contributed by atoms with Crippen LogP contribution in [0.25, 0.3) is 11.1 Å². The summed E-state index contributed by atoms with van der Waals surface area (Å²) in [5, 5.41) is 5.51. The molecule has 2 aliphatic rings. The van der Waals surface area contributed by atoms with Gasteiger partial charge in [-0.2, -0.15) is 0 Å². The van der Waals surface area contributed by atoms with E-state index < -0.39 is 0 Å². The number of rotatable bonds is 2. The lowest BCUT2D eigenvalue weighted by Crippen LogP contribution is -2.42. The summed E-state index contributed by atoms with van der Waals surface area (Å²) in [6.45, 7) is 4.05. The first-order chi connectivity index (χ1) is 11.2. The predicted molar refractivity (Wildman–Crippen MR) is 102 cm³/mol. The molecule has 2 saturated heterocycles. The summed E-state index contributed by atoms with van der Waals surface area (Å²) in [5.74, 6) is 0.228. The number of benzene rings is 1. The lowest BCUT2D eigenvalue weighted by Gasteiger charge is -2.27. The second-order valence-electron chi connectivity index (χ2n) is 6.62. The third-order valence-corrected chi connectivity index (χ3v) is 6.01. The molecule has 2 fully saturated rings. The first-order valence-corrected chi connectivity index (χ1v) is 9.30. The van der Waals surface area contributed by atoms with Gasteiger partial charge < -0.3 is 10.2 Å². The normalized spacial score (nSPS) is 22.8. The van der Waals surface area contributed by atoms with E-state index in [2.05, 4.69) is 47.5 Å². The van der Waals surface area contributed by atoms with Crippen molar-refractivity contribution in [3.8, 4) is 11.1 Å². The summed E-state index contributed by atoms with van der Waals surface area (Å²) in [6.07, 6.45) is 3.37. The van der Waals surface area contributed by atoms with Gasteiger partial charge in [-0.15, -0.1) is 23.7 Å². The van der Waals surface area contributed by atoms with Crippen LogP contribution in [0.1, 0.15) is 34.5 Å². The monoisotopic (exact) mass is 362 g/mol. The molecule has 2 aliphatic heterocycles. The Kier molecular flexibility index (Phi) is 5.28. The molecule has 1 N–H and O–H groups in total. The summed E-state index contributed by atoms with van der Waals surface area (Å²) < 4.78 is 0. The fraction of sp³-hybridized carbons (Fsp3) is 0.421. The van der Waals surface area contributed by atoms with Crippen LogP contribution in [0.15, 0.2) is 35.7 Å². The molecular formula is C19H23ClN2OS. The highest BCUT2D eigenvalue weighted by Gasteiger charge is 2.39. The fourth-order valence-electron chi connectivity index (χ4n) is 3.87. The molecule has 128 valence electrons. The Morgan fingerprint density at radius 1 is 1.12 bits per heavy atom. The molecule has 3 heterocycles. The molecule has 2 bridgehead atoms. The maximum absolute atomic E-state index is 13.2. The van der Waals surface area contributed by atoms with Crippen LogP contribution in [0.2, 0.25) is 0 Å². The van der Waals surface area contributed by atoms with Crippen molar-refractivity contribution in [1.82, 2.24) is 10.2 Å². The van der Waals surface area contributed by atoms with Crippen molar-refractivity contribution in [3.63, 3.8) is 0 Å². The molecule has 24 heavy (non-hydrogen) atoms. The van der Waals surface area contributed by atoms with Crippen LogP contribution in [0.5, 0.6) is 0 Å². The largest absolute Gasteiger partial charge is 0.331 e. The van der Waals surface area contributed by atoms with Gasteiger partial charge in [0, 0.05) is 24.2 Å². The zero-order chi connectivity index (χ0) is 15.8. The number of hydrogen-bond acceptors (Lipinski definition) is 3. The van der Waals surface area contributed by atoms with Crippen molar-refractivity contribution in [2.75, 3.05) is 13.1 Å². The first-order valence-electron chi connectivity index (χ1n) is 8.42. The van der Waals surface area contributed by atoms with Crippen LogP contribution in [0, 0.1) is 6.92 Å². The average molecular weight is 363 g/mol. The van der Waals surface area contributed by atoms with Crippen molar-refractivity contribution in [2.45, 2.75) is 38.3 Å². The molecule has 2 unspecified atom stereocenters. The summed E-state index contributed by atoms with van der Waals surface area (Å²) >= 11 is 1.58. The minimum atomic E-state index is 0. The maximum Gasteiger partial charge on any atom is 0.265 e. The molecule has 0 spiro atoms. The van der Waals surface area contributed by atoms with Gasteiger partial charge >= 0.3 is 0 Å². The van der Waals surface area contributed by atoms with Crippen LogP contribution in [0.3, 0.4) is 0 Å². The lowest BCUT2D eigenvalue weighted by atomic mass is 10.0. The number of nitrogens with one attached hydrogen (secondary N) is 1. The number of aryl methyl sites for hydroxylation is 1. The minimum absolute atomic E-state index is 0. The molecule has 2 aromatic rings. The van der Waals surface area contributed by atoms with Crippen molar-refractivity contribution in [3.05, 3.63) is 46.2 Å². The van der Waals surface area contributed by atoms with E-state index in [0.29, 0.717) is 12.1 Å². The summed E-state index contributed by atoms with van der Waals surface area (Å²) in [7, 11) is 0. The summed E-state index contributed by atoms with van der Waals surface area (Å²) in [5.41, 5.74) is 3.46. The van der Waals surface area contributed by atoms with E-state index in [1.54, 1.807) is 11.3 Å². The Balaban J connectivity index is 0.00000169. The van der Waals surface area contributed by atoms with Crippen LogP contribution < -0.4 is 5.32 Å². The number of halogens is 1. The number of hydrogen-bond donors (Lipinski definition) is 1. The van der Waals surface area contributed by atoms with Gasteiger partial charge in [-0.05, 0) is 49.7 Å². The van der Waals surface area contributed by atoms with Crippen LogP contribution in [0.4, 0.5) is 0 Å². The number of nitrogens with zero attached hydrogens (tertiary/aromatic N) is 1. The Labute approximate surface area is 153 Å². The third-order valence-electron chi connectivity index (χ3n) is 5.11. The molecule has 3 nitrogen and oxygen atoms in total. The fourth-order valence-corrected chi connectivity index (χ4v) is 4.73. The number of thiophene rings is 1. The molecule has 0 saturated carbocycles. The quantitative estimate of drug-likeness (QED) is 0.871. The summed E-state index contributed by atoms with van der Waals surface area (Å²) in [4.78, 5) is 16.3. The van der Waals surface area contributed by atoms with Gasteiger partial charge in [-0.25, -0.2) is 0 Å².